The van der Waals surface area contributed by atoms with Crippen molar-refractivity contribution in [2.45, 2.75) is 5.92 Å². The van der Waals surface area contributed by atoms with E-state index in [1.54, 1.807) is 30.6 Å². The van der Waals surface area contributed by atoms with Gasteiger partial charge in [-0.3, -0.25) is 4.98 Å². The van der Waals surface area contributed by atoms with E-state index in [-0.39, 0.29) is 11.6 Å². The van der Waals surface area contributed by atoms with E-state index >= 15 is 0 Å². The molecule has 1 fully saturated rings. The summed E-state index contributed by atoms with van der Waals surface area (Å²) >= 11 is 0. The van der Waals surface area contributed by atoms with E-state index < -0.39 is 17.3 Å². The average molecular weight is 303 g/mol. The van der Waals surface area contributed by atoms with Crippen LogP contribution < -0.4 is 0 Å². The highest BCUT2D eigenvalue weighted by Crippen LogP contribution is 2.52. The Morgan fingerprint density at radius 3 is 2.70 bits per heavy atom. The van der Waals surface area contributed by atoms with E-state index in [1.807, 2.05) is 12.1 Å². The fourth-order valence-corrected chi connectivity index (χ4v) is 3.55. The number of nitrogens with zero attached hydrogens (tertiary/aromatic N) is 4. The van der Waals surface area contributed by atoms with Gasteiger partial charge in [0.25, 0.3) is 0 Å². The zero-order valence-electron chi connectivity index (χ0n) is 12.2. The Morgan fingerprint density at radius 2 is 2.09 bits per heavy atom. The summed E-state index contributed by atoms with van der Waals surface area (Å²) in [7, 11) is 0. The van der Waals surface area contributed by atoms with Crippen LogP contribution in [-0.4, -0.2) is 23.9 Å². The van der Waals surface area contributed by atoms with E-state index in [0.717, 1.165) is 5.57 Å². The van der Waals surface area contributed by atoms with Gasteiger partial charge in [-0.15, -0.1) is 0 Å². The number of nitriles is 3. The molecule has 112 valence electrons. The molecule has 0 saturated heterocycles. The minimum atomic E-state index is -1.69. The summed E-state index contributed by atoms with van der Waals surface area (Å²) in [6.45, 7) is 0.700. The van der Waals surface area contributed by atoms with Gasteiger partial charge in [0.05, 0.1) is 37.1 Å². The molecule has 0 bridgehead atoms. The Morgan fingerprint density at radius 1 is 1.30 bits per heavy atom. The number of nitrogens with one attached hydrogen (secondary N) is 1. The van der Waals surface area contributed by atoms with Gasteiger partial charge >= 0.3 is 0 Å². The lowest BCUT2D eigenvalue weighted by molar-refractivity contribution is 0.0949. The molecule has 0 aromatic carbocycles. The van der Waals surface area contributed by atoms with E-state index in [0.29, 0.717) is 18.8 Å². The number of hydrogen-bond donors (Lipinski definition) is 1. The number of fused-ring (bicyclic) bond motifs is 1. The van der Waals surface area contributed by atoms with Crippen molar-refractivity contribution in [3.8, 4) is 18.2 Å². The Bertz CT molecular complexity index is 779. The van der Waals surface area contributed by atoms with Crippen LogP contribution in [0.2, 0.25) is 0 Å². The Kier molecular flexibility index (Phi) is 3.66. The highest BCUT2D eigenvalue weighted by Gasteiger charge is 2.57. The number of rotatable bonds is 1. The molecule has 1 N–H and O–H groups in total. The molecule has 0 radical (unpaired) electrons. The van der Waals surface area contributed by atoms with Crippen LogP contribution in [0, 0.1) is 56.7 Å². The van der Waals surface area contributed by atoms with Gasteiger partial charge in [0.2, 0.25) is 0 Å². The molecular formula is C17H13N5O. The fourth-order valence-electron chi connectivity index (χ4n) is 3.55. The monoisotopic (exact) mass is 303 g/mol. The quantitative estimate of drug-likeness (QED) is 0.795. The molecule has 3 atom stereocenters. The molecule has 3 rings (SSSR count). The summed E-state index contributed by atoms with van der Waals surface area (Å²) in [4.78, 5) is 4.08. The van der Waals surface area contributed by atoms with Gasteiger partial charge in [-0.1, -0.05) is 12.1 Å². The fraction of sp³-hybridized carbons (Fsp3) is 0.353. The number of pyridine rings is 1. The normalized spacial score (nSPS) is 28.5. The van der Waals surface area contributed by atoms with Gasteiger partial charge in [-0.2, -0.15) is 15.8 Å². The number of ether oxygens (including phenoxy) is 1. The molecule has 2 heterocycles. The molecule has 1 saturated carbocycles. The maximum absolute atomic E-state index is 9.74. The third kappa shape index (κ3) is 2.03. The van der Waals surface area contributed by atoms with Gasteiger partial charge in [-0.05, 0) is 17.2 Å². The van der Waals surface area contributed by atoms with E-state index in [1.165, 1.54) is 0 Å². The minimum Gasteiger partial charge on any atom is -0.377 e. The molecule has 23 heavy (non-hydrogen) atoms. The summed E-state index contributed by atoms with van der Waals surface area (Å²) < 4.78 is 5.51. The van der Waals surface area contributed by atoms with Crippen molar-refractivity contribution >= 4 is 5.71 Å². The van der Waals surface area contributed by atoms with Crippen molar-refractivity contribution < 1.29 is 4.74 Å². The first-order valence-corrected chi connectivity index (χ1v) is 7.18. The molecule has 0 unspecified atom stereocenters. The van der Waals surface area contributed by atoms with Crippen LogP contribution in [0.15, 0.2) is 36.2 Å². The summed E-state index contributed by atoms with van der Waals surface area (Å²) in [6.07, 6.45) is 5.03. The third-order valence-electron chi connectivity index (χ3n) is 4.60. The van der Waals surface area contributed by atoms with Gasteiger partial charge in [0, 0.05) is 24.2 Å². The van der Waals surface area contributed by atoms with Crippen molar-refractivity contribution in [3.05, 3.63) is 41.7 Å². The third-order valence-corrected chi connectivity index (χ3v) is 4.60. The van der Waals surface area contributed by atoms with Gasteiger partial charge in [-0.25, -0.2) is 0 Å². The van der Waals surface area contributed by atoms with Crippen molar-refractivity contribution in [2.24, 2.45) is 17.3 Å². The molecule has 0 amide bonds. The summed E-state index contributed by atoms with van der Waals surface area (Å²) in [6, 6.07) is 9.65. The Labute approximate surface area is 133 Å². The van der Waals surface area contributed by atoms with Gasteiger partial charge in [0.15, 0.2) is 5.41 Å². The second-order valence-electron chi connectivity index (χ2n) is 5.62. The number of hydrogen-bond acceptors (Lipinski definition) is 6. The molecule has 6 heteroatoms. The first kappa shape index (κ1) is 14.9. The standard InChI is InChI=1S/C17H13N5O/c18-6-13-12-3-5-23-8-14(12)15(11-2-1-4-22-7-11)17(9-19,10-20)16(13)21/h1-4,7,13-15,21H,5,8H2/t13-,14-,15+/m0/s1. The summed E-state index contributed by atoms with van der Waals surface area (Å²) in [5, 5.41) is 37.3. The summed E-state index contributed by atoms with van der Waals surface area (Å²) in [5.74, 6) is -1.71. The first-order valence-electron chi connectivity index (χ1n) is 7.18. The molecule has 0 spiro atoms. The molecule has 1 aromatic heterocycles. The smallest absolute Gasteiger partial charge is 0.189 e. The SMILES string of the molecule is N#C[C@@H]1C(=N)C(C#N)(C#N)[C@H](c2cccnc2)[C@H]2COCC=C12. The first-order chi connectivity index (χ1) is 11.2. The molecule has 1 aliphatic heterocycles. The van der Waals surface area contributed by atoms with Crippen LogP contribution in [0.5, 0.6) is 0 Å². The van der Waals surface area contributed by atoms with Crippen LogP contribution in [0.4, 0.5) is 0 Å². The molecular weight excluding hydrogens is 290 g/mol. The van der Waals surface area contributed by atoms with Crippen LogP contribution >= 0.6 is 0 Å². The van der Waals surface area contributed by atoms with Crippen LogP contribution in [0.3, 0.4) is 0 Å². The zero-order valence-corrected chi connectivity index (χ0v) is 12.2. The van der Waals surface area contributed by atoms with E-state index in [2.05, 4.69) is 11.1 Å². The van der Waals surface area contributed by atoms with E-state index in [4.69, 9.17) is 10.1 Å². The largest absolute Gasteiger partial charge is 0.377 e. The second kappa shape index (κ2) is 5.65. The summed E-state index contributed by atoms with van der Waals surface area (Å²) in [5.41, 5.74) is -0.355. The minimum absolute atomic E-state index is 0.150. The van der Waals surface area contributed by atoms with Crippen LogP contribution in [0.25, 0.3) is 0 Å². The van der Waals surface area contributed by atoms with Crippen molar-refractivity contribution in [1.29, 1.82) is 21.2 Å². The zero-order chi connectivity index (χ0) is 16.4. The van der Waals surface area contributed by atoms with Crippen molar-refractivity contribution in [3.63, 3.8) is 0 Å². The van der Waals surface area contributed by atoms with Gasteiger partial charge in [0.1, 0.15) is 5.92 Å². The number of aromatic nitrogens is 1. The molecule has 1 aliphatic carbocycles. The van der Waals surface area contributed by atoms with E-state index in [9.17, 15) is 15.8 Å². The molecule has 2 aliphatic rings. The second-order valence-corrected chi connectivity index (χ2v) is 5.62. The lowest BCUT2D eigenvalue weighted by Gasteiger charge is -2.45. The predicted molar refractivity (Wildman–Crippen MR) is 79.9 cm³/mol. The molecule has 1 aromatic rings. The lowest BCUT2D eigenvalue weighted by atomic mass is 9.55. The Balaban J connectivity index is 2.26. The van der Waals surface area contributed by atoms with Gasteiger partial charge < -0.3 is 10.1 Å². The average Bonchev–Trinajstić information content (AvgIpc) is 2.61. The highest BCUT2D eigenvalue weighted by molar-refractivity contribution is 6.00. The highest BCUT2D eigenvalue weighted by atomic mass is 16.5. The maximum atomic E-state index is 9.74. The maximum Gasteiger partial charge on any atom is 0.189 e. The van der Waals surface area contributed by atoms with Crippen molar-refractivity contribution in [2.75, 3.05) is 13.2 Å². The lowest BCUT2D eigenvalue weighted by Crippen LogP contribution is -2.50. The topological polar surface area (TPSA) is 117 Å². The van der Waals surface area contributed by atoms with Crippen molar-refractivity contribution in [1.82, 2.24) is 4.98 Å². The Hall–Kier alpha value is -3.01. The molecule has 6 nitrogen and oxygen atoms in total. The van der Waals surface area contributed by atoms with Crippen LogP contribution in [-0.2, 0) is 4.74 Å². The van der Waals surface area contributed by atoms with Crippen LogP contribution in [0.1, 0.15) is 11.5 Å². The predicted octanol–water partition coefficient (Wildman–Crippen LogP) is 1.94.